The van der Waals surface area contributed by atoms with Crippen molar-refractivity contribution in [2.45, 2.75) is 44.4 Å². The Morgan fingerprint density at radius 1 is 1.35 bits per heavy atom. The van der Waals surface area contributed by atoms with Crippen LogP contribution in [0.3, 0.4) is 0 Å². The largest absolute Gasteiger partial charge is 0.481 e. The van der Waals surface area contributed by atoms with Gasteiger partial charge in [-0.15, -0.1) is 0 Å². The fraction of sp³-hybridized carbons (Fsp3) is 0.917. The van der Waals surface area contributed by atoms with Crippen molar-refractivity contribution in [2.75, 3.05) is 11.5 Å². The highest BCUT2D eigenvalue weighted by Gasteiger charge is 2.60. The maximum Gasteiger partial charge on any atom is 0.315 e. The molecule has 0 aromatic heterocycles. The molecular weight excluding hydrogens is 246 g/mol. The summed E-state index contributed by atoms with van der Waals surface area (Å²) < 4.78 is 28.1. The summed E-state index contributed by atoms with van der Waals surface area (Å²) in [5.74, 6) is -3.99. The van der Waals surface area contributed by atoms with Crippen LogP contribution in [0.25, 0.3) is 0 Å². The van der Waals surface area contributed by atoms with E-state index >= 15 is 0 Å². The molecule has 2 rings (SSSR count). The lowest BCUT2D eigenvalue weighted by atomic mass is 9.71. The van der Waals surface area contributed by atoms with Gasteiger partial charge in [0.1, 0.15) is 5.41 Å². The van der Waals surface area contributed by atoms with Crippen molar-refractivity contribution >= 4 is 17.7 Å². The number of rotatable bonds is 3. The van der Waals surface area contributed by atoms with Crippen molar-refractivity contribution in [2.24, 2.45) is 11.3 Å². The monoisotopic (exact) mass is 264 g/mol. The maximum absolute atomic E-state index is 14.0. The third-order valence-electron chi connectivity index (χ3n) is 4.18. The smallest absolute Gasteiger partial charge is 0.315 e. The van der Waals surface area contributed by atoms with Gasteiger partial charge in [-0.25, -0.2) is 8.78 Å². The lowest BCUT2D eigenvalue weighted by Crippen LogP contribution is -2.52. The summed E-state index contributed by atoms with van der Waals surface area (Å²) in [5, 5.41) is 9.30. The van der Waals surface area contributed by atoms with Crippen LogP contribution < -0.4 is 0 Å². The summed E-state index contributed by atoms with van der Waals surface area (Å²) in [4.78, 5) is 11.4. The van der Waals surface area contributed by atoms with Crippen molar-refractivity contribution in [3.8, 4) is 0 Å². The first-order valence-corrected chi connectivity index (χ1v) is 7.32. The molecule has 0 amide bonds. The summed E-state index contributed by atoms with van der Waals surface area (Å²) in [6, 6.07) is 0. The molecule has 1 aliphatic carbocycles. The van der Waals surface area contributed by atoms with E-state index < -0.39 is 17.3 Å². The number of hydrogen-bond acceptors (Lipinski definition) is 2. The van der Waals surface area contributed by atoms with Gasteiger partial charge in [-0.1, -0.05) is 25.7 Å². The minimum atomic E-state index is -3.07. The summed E-state index contributed by atoms with van der Waals surface area (Å²) in [5.41, 5.74) is -1.80. The molecule has 1 atom stereocenters. The van der Waals surface area contributed by atoms with Crippen molar-refractivity contribution in [3.05, 3.63) is 0 Å². The third-order valence-corrected chi connectivity index (χ3v) is 5.24. The van der Waals surface area contributed by atoms with E-state index in [4.69, 9.17) is 0 Å². The number of carboxylic acid groups (broad SMARTS) is 1. The van der Waals surface area contributed by atoms with Crippen molar-refractivity contribution < 1.29 is 18.7 Å². The van der Waals surface area contributed by atoms with Crippen LogP contribution in [0, 0.1) is 11.3 Å². The standard InChI is InChI=1S/C12H18F2O2S/c13-12(14)8-17-6-5-11(12,10(15)16)7-9-3-1-2-4-9/h9H,1-8H2,(H,15,16). The SMILES string of the molecule is O=C(O)C1(CC2CCCC2)CCSCC1(F)F. The van der Waals surface area contributed by atoms with Gasteiger partial charge in [0, 0.05) is 0 Å². The highest BCUT2D eigenvalue weighted by atomic mass is 32.2. The average molecular weight is 264 g/mol. The summed E-state index contributed by atoms with van der Waals surface area (Å²) in [6.45, 7) is 0. The van der Waals surface area contributed by atoms with Gasteiger partial charge in [0.2, 0.25) is 0 Å². The molecule has 1 unspecified atom stereocenters. The van der Waals surface area contributed by atoms with Gasteiger partial charge in [-0.2, -0.15) is 11.8 Å². The first-order chi connectivity index (χ1) is 7.98. The van der Waals surface area contributed by atoms with Gasteiger partial charge in [0.05, 0.1) is 5.75 Å². The summed E-state index contributed by atoms with van der Waals surface area (Å²) >= 11 is 1.17. The molecule has 98 valence electrons. The second-order valence-corrected chi connectivity index (χ2v) is 6.35. The van der Waals surface area contributed by atoms with Crippen LogP contribution in [0.15, 0.2) is 0 Å². The zero-order valence-corrected chi connectivity index (χ0v) is 10.6. The van der Waals surface area contributed by atoms with Crippen LogP contribution in [0.5, 0.6) is 0 Å². The number of hydrogen-bond donors (Lipinski definition) is 1. The molecule has 2 fully saturated rings. The second-order valence-electron chi connectivity index (χ2n) is 5.25. The molecule has 1 aliphatic heterocycles. The van der Waals surface area contributed by atoms with E-state index in [0.29, 0.717) is 5.75 Å². The Labute approximate surface area is 104 Å². The highest BCUT2D eigenvalue weighted by Crippen LogP contribution is 2.52. The van der Waals surface area contributed by atoms with Gasteiger partial charge < -0.3 is 5.11 Å². The van der Waals surface area contributed by atoms with Crippen LogP contribution in [-0.2, 0) is 4.79 Å². The number of aliphatic carboxylic acids is 1. The van der Waals surface area contributed by atoms with Gasteiger partial charge in [-0.05, 0) is 24.5 Å². The van der Waals surface area contributed by atoms with E-state index in [1.165, 1.54) is 11.8 Å². The predicted molar refractivity (Wildman–Crippen MR) is 63.5 cm³/mol. The molecule has 2 nitrogen and oxygen atoms in total. The lowest BCUT2D eigenvalue weighted by molar-refractivity contribution is -0.179. The minimum Gasteiger partial charge on any atom is -0.481 e. The van der Waals surface area contributed by atoms with Crippen LogP contribution in [0.4, 0.5) is 8.78 Å². The zero-order chi connectivity index (χ0) is 12.5. The number of halogens is 2. The molecule has 1 N–H and O–H groups in total. The van der Waals surface area contributed by atoms with Gasteiger partial charge in [0.15, 0.2) is 0 Å². The molecule has 0 aromatic carbocycles. The average Bonchev–Trinajstić information content (AvgIpc) is 2.73. The topological polar surface area (TPSA) is 37.3 Å². The van der Waals surface area contributed by atoms with E-state index in [1.807, 2.05) is 0 Å². The Bertz CT molecular complexity index is 303. The van der Waals surface area contributed by atoms with Gasteiger partial charge >= 0.3 is 5.97 Å². The molecule has 1 heterocycles. The van der Waals surface area contributed by atoms with E-state index in [0.717, 1.165) is 25.7 Å². The van der Waals surface area contributed by atoms with E-state index in [1.54, 1.807) is 0 Å². The second kappa shape index (κ2) is 4.75. The molecular formula is C12H18F2O2S. The van der Waals surface area contributed by atoms with Crippen molar-refractivity contribution in [1.29, 1.82) is 0 Å². The minimum absolute atomic E-state index is 0.108. The summed E-state index contributed by atoms with van der Waals surface area (Å²) in [6.07, 6.45) is 4.21. The molecule has 1 saturated heterocycles. The summed E-state index contributed by atoms with van der Waals surface area (Å²) in [7, 11) is 0. The molecule has 5 heteroatoms. The number of carboxylic acids is 1. The Kier molecular flexibility index (Phi) is 3.66. The Morgan fingerprint density at radius 2 is 2.00 bits per heavy atom. The van der Waals surface area contributed by atoms with Crippen LogP contribution in [0.2, 0.25) is 0 Å². The number of carbonyl (C=O) groups is 1. The number of thioether (sulfide) groups is 1. The van der Waals surface area contributed by atoms with E-state index in [9.17, 15) is 18.7 Å². The first kappa shape index (κ1) is 13.1. The highest BCUT2D eigenvalue weighted by molar-refractivity contribution is 7.99. The normalized spacial score (nSPS) is 33.8. The number of alkyl halides is 2. The molecule has 0 radical (unpaired) electrons. The lowest BCUT2D eigenvalue weighted by Gasteiger charge is -2.41. The van der Waals surface area contributed by atoms with E-state index in [-0.39, 0.29) is 24.5 Å². The molecule has 2 aliphatic rings. The zero-order valence-electron chi connectivity index (χ0n) is 9.75. The fourth-order valence-electron chi connectivity index (χ4n) is 3.08. The molecule has 0 spiro atoms. The molecule has 1 saturated carbocycles. The molecule has 0 aromatic rings. The Balaban J connectivity index is 2.20. The Morgan fingerprint density at radius 3 is 2.53 bits per heavy atom. The molecule has 17 heavy (non-hydrogen) atoms. The van der Waals surface area contributed by atoms with Crippen LogP contribution in [-0.4, -0.2) is 28.5 Å². The van der Waals surface area contributed by atoms with Crippen LogP contribution in [0.1, 0.15) is 38.5 Å². The van der Waals surface area contributed by atoms with Gasteiger partial charge in [0.25, 0.3) is 5.92 Å². The van der Waals surface area contributed by atoms with E-state index in [2.05, 4.69) is 0 Å². The maximum atomic E-state index is 14.0. The van der Waals surface area contributed by atoms with Crippen LogP contribution >= 0.6 is 11.8 Å². The van der Waals surface area contributed by atoms with Gasteiger partial charge in [-0.3, -0.25) is 4.79 Å². The van der Waals surface area contributed by atoms with Crippen molar-refractivity contribution in [3.63, 3.8) is 0 Å². The molecule has 0 bridgehead atoms. The quantitative estimate of drug-likeness (QED) is 0.848. The predicted octanol–water partition coefficient (Wildman–Crippen LogP) is 3.41. The van der Waals surface area contributed by atoms with Crippen molar-refractivity contribution in [1.82, 2.24) is 0 Å². The Hall–Kier alpha value is -0.320. The fourth-order valence-corrected chi connectivity index (χ4v) is 4.25. The first-order valence-electron chi connectivity index (χ1n) is 6.17. The third kappa shape index (κ3) is 2.30.